The highest BCUT2D eigenvalue weighted by atomic mass is 16.4. The van der Waals surface area contributed by atoms with E-state index >= 15 is 0 Å². The SMILES string of the molecule is O=C(O)c1ccc(O)c2nc3c(C=NCCN4CCCC4)c(O)cc(O)c3nc12. The number of aromatic carboxylic acids is 1. The zero-order valence-corrected chi connectivity index (χ0v) is 15.5. The number of carbonyl (C=O) groups is 1. The molecule has 3 aromatic rings. The molecule has 0 saturated carbocycles. The van der Waals surface area contributed by atoms with Crippen LogP contribution in [-0.2, 0) is 0 Å². The van der Waals surface area contributed by atoms with Crippen LogP contribution in [0, 0.1) is 0 Å². The molecule has 1 saturated heterocycles. The number of aromatic nitrogens is 2. The fourth-order valence-electron chi connectivity index (χ4n) is 3.55. The van der Waals surface area contributed by atoms with E-state index in [1.54, 1.807) is 0 Å². The van der Waals surface area contributed by atoms with E-state index in [4.69, 9.17) is 0 Å². The Morgan fingerprint density at radius 2 is 1.69 bits per heavy atom. The number of fused-ring (bicyclic) bond motifs is 2. The molecule has 9 nitrogen and oxygen atoms in total. The number of rotatable bonds is 5. The third kappa shape index (κ3) is 3.52. The zero-order valence-electron chi connectivity index (χ0n) is 15.5. The van der Waals surface area contributed by atoms with Gasteiger partial charge in [-0.1, -0.05) is 0 Å². The minimum atomic E-state index is -1.23. The van der Waals surface area contributed by atoms with Gasteiger partial charge < -0.3 is 25.3 Å². The number of hydrogen-bond acceptors (Lipinski definition) is 8. The monoisotopic (exact) mass is 396 g/mol. The number of aromatic hydroxyl groups is 3. The van der Waals surface area contributed by atoms with Crippen molar-refractivity contribution in [1.82, 2.24) is 14.9 Å². The molecule has 1 aliphatic heterocycles. The van der Waals surface area contributed by atoms with Gasteiger partial charge in [0.1, 0.15) is 39.3 Å². The maximum atomic E-state index is 11.5. The summed E-state index contributed by atoms with van der Waals surface area (Å²) in [5.74, 6) is -2.06. The lowest BCUT2D eigenvalue weighted by atomic mass is 10.1. The van der Waals surface area contributed by atoms with Gasteiger partial charge in [0.05, 0.1) is 17.7 Å². The lowest BCUT2D eigenvalue weighted by Crippen LogP contribution is -2.22. The van der Waals surface area contributed by atoms with E-state index in [0.717, 1.165) is 25.7 Å². The summed E-state index contributed by atoms with van der Waals surface area (Å²) in [6.07, 6.45) is 3.85. The van der Waals surface area contributed by atoms with Gasteiger partial charge in [0, 0.05) is 18.8 Å². The molecule has 0 atom stereocenters. The van der Waals surface area contributed by atoms with Crippen LogP contribution in [0.4, 0.5) is 0 Å². The molecule has 4 N–H and O–H groups in total. The molecular weight excluding hydrogens is 376 g/mol. The molecule has 0 bridgehead atoms. The number of aliphatic imine (C=N–C) groups is 1. The van der Waals surface area contributed by atoms with Gasteiger partial charge in [-0.2, -0.15) is 0 Å². The van der Waals surface area contributed by atoms with Crippen molar-refractivity contribution in [2.45, 2.75) is 12.8 Å². The highest BCUT2D eigenvalue weighted by Crippen LogP contribution is 2.35. The Kier molecular flexibility index (Phi) is 4.89. The summed E-state index contributed by atoms with van der Waals surface area (Å²) < 4.78 is 0. The summed E-state index contributed by atoms with van der Waals surface area (Å²) in [5, 5.41) is 40.0. The molecule has 2 heterocycles. The Labute approximate surface area is 165 Å². The Hall–Kier alpha value is -3.46. The molecule has 1 fully saturated rings. The van der Waals surface area contributed by atoms with Crippen molar-refractivity contribution in [3.63, 3.8) is 0 Å². The van der Waals surface area contributed by atoms with E-state index in [1.165, 1.54) is 31.2 Å². The number of phenolic OH excluding ortho intramolecular Hbond substituents is 3. The summed E-state index contributed by atoms with van der Waals surface area (Å²) in [4.78, 5) is 26.7. The van der Waals surface area contributed by atoms with Crippen molar-refractivity contribution < 1.29 is 25.2 Å². The van der Waals surface area contributed by atoms with Crippen LogP contribution in [0.15, 0.2) is 23.2 Å². The van der Waals surface area contributed by atoms with Crippen LogP contribution in [0.25, 0.3) is 22.1 Å². The average molecular weight is 396 g/mol. The average Bonchev–Trinajstić information content (AvgIpc) is 3.20. The third-order valence-corrected chi connectivity index (χ3v) is 5.04. The van der Waals surface area contributed by atoms with E-state index in [9.17, 15) is 25.2 Å². The second-order valence-corrected chi connectivity index (χ2v) is 6.97. The Morgan fingerprint density at radius 1 is 1.00 bits per heavy atom. The first kappa shape index (κ1) is 18.9. The van der Waals surface area contributed by atoms with Crippen LogP contribution in [0.5, 0.6) is 17.2 Å². The summed E-state index contributed by atoms with van der Waals surface area (Å²) in [6.45, 7) is 3.47. The second kappa shape index (κ2) is 7.51. The van der Waals surface area contributed by atoms with Crippen LogP contribution in [0.1, 0.15) is 28.8 Å². The number of likely N-dealkylation sites (tertiary alicyclic amines) is 1. The van der Waals surface area contributed by atoms with Gasteiger partial charge in [0.15, 0.2) is 0 Å². The summed E-state index contributed by atoms with van der Waals surface area (Å²) in [6, 6.07) is 3.56. The van der Waals surface area contributed by atoms with Crippen molar-refractivity contribution in [3.8, 4) is 17.2 Å². The number of phenols is 3. The van der Waals surface area contributed by atoms with Crippen LogP contribution >= 0.6 is 0 Å². The minimum Gasteiger partial charge on any atom is -0.507 e. The van der Waals surface area contributed by atoms with Crippen molar-refractivity contribution in [2.24, 2.45) is 4.99 Å². The standard InChI is InChI=1S/C20H20N4O5/c25-13-4-3-11(20(28)29)16-18(13)23-17-12(14(26)9-15(27)19(17)22-16)10-21-5-8-24-6-1-2-7-24/h3-4,9-10,25-27H,1-2,5-8H2,(H,28,29). The molecule has 0 aliphatic carbocycles. The van der Waals surface area contributed by atoms with Crippen LogP contribution in [0.3, 0.4) is 0 Å². The quantitative estimate of drug-likeness (QED) is 0.380. The summed E-state index contributed by atoms with van der Waals surface area (Å²) in [5.41, 5.74) is 0.147. The van der Waals surface area contributed by atoms with Crippen molar-refractivity contribution in [2.75, 3.05) is 26.2 Å². The molecule has 0 spiro atoms. The molecule has 0 amide bonds. The molecule has 4 rings (SSSR count). The molecule has 0 unspecified atom stereocenters. The Bertz CT molecular complexity index is 1140. The topological polar surface area (TPSA) is 139 Å². The first-order chi connectivity index (χ1) is 14.0. The van der Waals surface area contributed by atoms with Crippen molar-refractivity contribution in [3.05, 3.63) is 29.3 Å². The van der Waals surface area contributed by atoms with Crippen molar-refractivity contribution >= 4 is 34.3 Å². The van der Waals surface area contributed by atoms with Gasteiger partial charge in [0.25, 0.3) is 0 Å². The number of benzene rings is 2. The van der Waals surface area contributed by atoms with Gasteiger partial charge in [-0.15, -0.1) is 0 Å². The van der Waals surface area contributed by atoms with E-state index < -0.39 is 5.97 Å². The van der Waals surface area contributed by atoms with Crippen molar-refractivity contribution in [1.29, 1.82) is 0 Å². The zero-order chi connectivity index (χ0) is 20.5. The van der Waals surface area contributed by atoms with E-state index in [-0.39, 0.29) is 50.4 Å². The minimum absolute atomic E-state index is 0.0180. The highest BCUT2D eigenvalue weighted by Gasteiger charge is 2.19. The molecule has 150 valence electrons. The smallest absolute Gasteiger partial charge is 0.337 e. The molecule has 9 heteroatoms. The Morgan fingerprint density at radius 3 is 2.41 bits per heavy atom. The number of carboxylic acid groups (broad SMARTS) is 1. The van der Waals surface area contributed by atoms with Gasteiger partial charge >= 0.3 is 5.97 Å². The van der Waals surface area contributed by atoms with Gasteiger partial charge in [-0.25, -0.2) is 14.8 Å². The predicted molar refractivity (Wildman–Crippen MR) is 107 cm³/mol. The number of nitrogens with zero attached hydrogens (tertiary/aromatic N) is 4. The normalized spacial score (nSPS) is 15.0. The highest BCUT2D eigenvalue weighted by molar-refractivity contribution is 6.08. The third-order valence-electron chi connectivity index (χ3n) is 5.04. The molecule has 0 radical (unpaired) electrons. The maximum absolute atomic E-state index is 11.5. The van der Waals surface area contributed by atoms with E-state index in [1.807, 2.05) is 0 Å². The van der Waals surface area contributed by atoms with Gasteiger partial charge in [-0.3, -0.25) is 4.99 Å². The van der Waals surface area contributed by atoms with Crippen LogP contribution < -0.4 is 0 Å². The van der Waals surface area contributed by atoms with E-state index in [0.29, 0.717) is 6.54 Å². The lowest BCUT2D eigenvalue weighted by molar-refractivity contribution is 0.0699. The van der Waals surface area contributed by atoms with Gasteiger partial charge in [-0.05, 0) is 38.1 Å². The molecule has 2 aromatic carbocycles. The molecule has 1 aliphatic rings. The van der Waals surface area contributed by atoms with Crippen LogP contribution in [0.2, 0.25) is 0 Å². The molecule has 29 heavy (non-hydrogen) atoms. The fraction of sp³-hybridized carbons (Fsp3) is 0.300. The predicted octanol–water partition coefficient (Wildman–Crippen LogP) is 2.11. The fourth-order valence-corrected chi connectivity index (χ4v) is 3.55. The lowest BCUT2D eigenvalue weighted by Gasteiger charge is -2.12. The maximum Gasteiger partial charge on any atom is 0.337 e. The number of hydrogen-bond donors (Lipinski definition) is 4. The largest absolute Gasteiger partial charge is 0.507 e. The number of carboxylic acids is 1. The molecular formula is C20H20N4O5. The van der Waals surface area contributed by atoms with E-state index in [2.05, 4.69) is 19.9 Å². The van der Waals surface area contributed by atoms with Gasteiger partial charge in [0.2, 0.25) is 0 Å². The first-order valence-electron chi connectivity index (χ1n) is 9.29. The summed E-state index contributed by atoms with van der Waals surface area (Å²) >= 11 is 0. The first-order valence-corrected chi connectivity index (χ1v) is 9.29. The molecule has 1 aromatic heterocycles. The second-order valence-electron chi connectivity index (χ2n) is 6.97. The van der Waals surface area contributed by atoms with Crippen LogP contribution in [-0.4, -0.2) is 73.7 Å². The Balaban J connectivity index is 1.80. The summed E-state index contributed by atoms with van der Waals surface area (Å²) in [7, 11) is 0.